The molecule has 0 bridgehead atoms. The van der Waals surface area contributed by atoms with Crippen molar-refractivity contribution in [2.75, 3.05) is 70.7 Å². The number of piperidine rings is 1. The van der Waals surface area contributed by atoms with Gasteiger partial charge in [-0.25, -0.2) is 4.98 Å². The van der Waals surface area contributed by atoms with Gasteiger partial charge < -0.3 is 29.9 Å². The number of ether oxygens (including phenoxy) is 1. The first-order valence-electron chi connectivity index (χ1n) is 10.5. The lowest BCUT2D eigenvalue weighted by Gasteiger charge is -2.30. The van der Waals surface area contributed by atoms with Gasteiger partial charge in [-0.1, -0.05) is 0 Å². The van der Waals surface area contributed by atoms with E-state index in [1.165, 1.54) is 0 Å². The second-order valence-corrected chi connectivity index (χ2v) is 8.28. The smallest absolute Gasteiger partial charge is 0.227 e. The normalized spacial score (nSPS) is 20.0. The van der Waals surface area contributed by atoms with Gasteiger partial charge in [0, 0.05) is 37.1 Å². The van der Waals surface area contributed by atoms with E-state index in [2.05, 4.69) is 34.1 Å². The molecule has 1 aromatic carbocycles. The molecule has 0 amide bonds. The van der Waals surface area contributed by atoms with E-state index in [1.807, 2.05) is 6.07 Å². The number of nitrogens with one attached hydrogen (secondary N) is 1. The molecular formula is C21H32N6O2. The summed E-state index contributed by atoms with van der Waals surface area (Å²) in [6.07, 6.45) is 3.26. The van der Waals surface area contributed by atoms with Crippen LogP contribution in [-0.4, -0.2) is 91.4 Å². The lowest BCUT2D eigenvalue weighted by molar-refractivity contribution is 0.264. The SMILES string of the molecule is COc1cc2c(NC3CCN(C)CC3)nc(N3CCCN(C)CC3)nc2cc1O. The zero-order valence-corrected chi connectivity index (χ0v) is 17.7. The highest BCUT2D eigenvalue weighted by molar-refractivity contribution is 5.92. The average molecular weight is 401 g/mol. The van der Waals surface area contributed by atoms with Gasteiger partial charge in [0.25, 0.3) is 0 Å². The van der Waals surface area contributed by atoms with Crippen LogP contribution in [0, 0.1) is 0 Å². The van der Waals surface area contributed by atoms with E-state index in [0.717, 1.165) is 81.2 Å². The average Bonchev–Trinajstić information content (AvgIpc) is 2.93. The molecule has 3 heterocycles. The number of fused-ring (bicyclic) bond motifs is 1. The highest BCUT2D eigenvalue weighted by Crippen LogP contribution is 2.35. The molecular weight excluding hydrogens is 368 g/mol. The van der Waals surface area contributed by atoms with Crippen LogP contribution < -0.4 is 15.0 Å². The molecule has 0 spiro atoms. The van der Waals surface area contributed by atoms with Gasteiger partial charge in [0.1, 0.15) is 5.82 Å². The first kappa shape index (κ1) is 20.0. The number of anilines is 2. The Morgan fingerprint density at radius 1 is 1.00 bits per heavy atom. The predicted octanol–water partition coefficient (Wildman–Crippen LogP) is 1.99. The number of likely N-dealkylation sites (tertiary alicyclic amines) is 1. The van der Waals surface area contributed by atoms with Crippen molar-refractivity contribution >= 4 is 22.7 Å². The lowest BCUT2D eigenvalue weighted by Crippen LogP contribution is -2.37. The quantitative estimate of drug-likeness (QED) is 0.807. The van der Waals surface area contributed by atoms with Crippen LogP contribution in [0.25, 0.3) is 10.9 Å². The number of benzene rings is 1. The number of phenols is 1. The number of rotatable bonds is 4. The van der Waals surface area contributed by atoms with Gasteiger partial charge in [-0.2, -0.15) is 4.98 Å². The predicted molar refractivity (Wildman–Crippen MR) is 116 cm³/mol. The second kappa shape index (κ2) is 8.59. The van der Waals surface area contributed by atoms with Gasteiger partial charge in [0.05, 0.1) is 12.6 Å². The number of hydrogen-bond donors (Lipinski definition) is 2. The molecule has 4 rings (SSSR count). The fraction of sp³-hybridized carbons (Fsp3) is 0.619. The van der Waals surface area contributed by atoms with Crippen molar-refractivity contribution < 1.29 is 9.84 Å². The van der Waals surface area contributed by atoms with E-state index in [0.29, 0.717) is 11.8 Å². The van der Waals surface area contributed by atoms with E-state index in [4.69, 9.17) is 14.7 Å². The molecule has 1 aromatic heterocycles. The summed E-state index contributed by atoms with van der Waals surface area (Å²) in [7, 11) is 5.88. The first-order chi connectivity index (χ1) is 14.0. The van der Waals surface area contributed by atoms with E-state index in [9.17, 15) is 5.11 Å². The van der Waals surface area contributed by atoms with Gasteiger partial charge in [-0.05, 0) is 59.1 Å². The topological polar surface area (TPSA) is 77.0 Å². The zero-order chi connectivity index (χ0) is 20.4. The van der Waals surface area contributed by atoms with E-state index in [-0.39, 0.29) is 5.75 Å². The molecule has 0 radical (unpaired) electrons. The van der Waals surface area contributed by atoms with E-state index in [1.54, 1.807) is 13.2 Å². The van der Waals surface area contributed by atoms with Crippen molar-refractivity contribution in [3.8, 4) is 11.5 Å². The minimum Gasteiger partial charge on any atom is -0.504 e. The lowest BCUT2D eigenvalue weighted by atomic mass is 10.1. The summed E-state index contributed by atoms with van der Waals surface area (Å²) in [5.74, 6) is 2.10. The summed E-state index contributed by atoms with van der Waals surface area (Å²) in [6, 6.07) is 3.90. The number of phenolic OH excluding ortho intramolecular Hbond substituents is 1. The Morgan fingerprint density at radius 3 is 2.52 bits per heavy atom. The Morgan fingerprint density at radius 2 is 1.76 bits per heavy atom. The van der Waals surface area contributed by atoms with Crippen LogP contribution in [0.15, 0.2) is 12.1 Å². The maximum absolute atomic E-state index is 10.3. The highest BCUT2D eigenvalue weighted by Gasteiger charge is 2.22. The standard InChI is InChI=1S/C21H32N6O2/c1-25-7-4-8-27(12-11-25)21-23-17-14-18(28)19(29-3)13-16(17)20(24-21)22-15-5-9-26(2)10-6-15/h13-15,28H,4-12H2,1-3H3,(H,22,23,24). The van der Waals surface area contributed by atoms with Crippen molar-refractivity contribution in [1.82, 2.24) is 19.8 Å². The molecule has 2 aliphatic rings. The Labute approximate surface area is 172 Å². The van der Waals surface area contributed by atoms with Crippen molar-refractivity contribution in [3.63, 3.8) is 0 Å². The molecule has 0 saturated carbocycles. The third kappa shape index (κ3) is 4.48. The van der Waals surface area contributed by atoms with Crippen molar-refractivity contribution in [2.24, 2.45) is 0 Å². The fourth-order valence-corrected chi connectivity index (χ4v) is 4.14. The molecule has 158 valence electrons. The fourth-order valence-electron chi connectivity index (χ4n) is 4.14. The third-order valence-electron chi connectivity index (χ3n) is 6.05. The van der Waals surface area contributed by atoms with Crippen LogP contribution in [0.5, 0.6) is 11.5 Å². The van der Waals surface area contributed by atoms with Crippen LogP contribution in [0.2, 0.25) is 0 Å². The van der Waals surface area contributed by atoms with Crippen molar-refractivity contribution in [2.45, 2.75) is 25.3 Å². The van der Waals surface area contributed by atoms with Crippen LogP contribution in [0.1, 0.15) is 19.3 Å². The molecule has 2 aromatic rings. The number of nitrogens with zero attached hydrogens (tertiary/aromatic N) is 5. The maximum atomic E-state index is 10.3. The molecule has 2 fully saturated rings. The van der Waals surface area contributed by atoms with Crippen molar-refractivity contribution in [1.29, 1.82) is 0 Å². The van der Waals surface area contributed by atoms with Crippen LogP contribution >= 0.6 is 0 Å². The van der Waals surface area contributed by atoms with Gasteiger partial charge in [-0.3, -0.25) is 0 Å². The molecule has 2 N–H and O–H groups in total. The Hall–Kier alpha value is -2.32. The van der Waals surface area contributed by atoms with Gasteiger partial charge >= 0.3 is 0 Å². The summed E-state index contributed by atoms with van der Waals surface area (Å²) >= 11 is 0. The highest BCUT2D eigenvalue weighted by atomic mass is 16.5. The summed E-state index contributed by atoms with van der Waals surface area (Å²) in [5, 5.41) is 14.8. The first-order valence-corrected chi connectivity index (χ1v) is 10.5. The molecule has 29 heavy (non-hydrogen) atoms. The minimum atomic E-state index is 0.102. The van der Waals surface area contributed by atoms with Crippen LogP contribution in [0.3, 0.4) is 0 Å². The van der Waals surface area contributed by atoms with Crippen LogP contribution in [-0.2, 0) is 0 Å². The Kier molecular flexibility index (Phi) is 5.91. The number of aromatic hydroxyl groups is 1. The number of methoxy groups -OCH3 is 1. The summed E-state index contributed by atoms with van der Waals surface area (Å²) < 4.78 is 5.33. The molecule has 2 aliphatic heterocycles. The molecule has 8 nitrogen and oxygen atoms in total. The summed E-state index contributed by atoms with van der Waals surface area (Å²) in [4.78, 5) is 16.7. The summed E-state index contributed by atoms with van der Waals surface area (Å²) in [6.45, 7) is 6.07. The molecule has 2 saturated heterocycles. The Balaban J connectivity index is 1.71. The number of likely N-dealkylation sites (N-methyl/N-ethyl adjacent to an activating group) is 1. The zero-order valence-electron chi connectivity index (χ0n) is 17.7. The number of aromatic nitrogens is 2. The summed E-state index contributed by atoms with van der Waals surface area (Å²) in [5.41, 5.74) is 0.737. The van der Waals surface area contributed by atoms with Crippen molar-refractivity contribution in [3.05, 3.63) is 12.1 Å². The maximum Gasteiger partial charge on any atom is 0.227 e. The monoisotopic (exact) mass is 400 g/mol. The third-order valence-corrected chi connectivity index (χ3v) is 6.05. The molecule has 0 unspecified atom stereocenters. The molecule has 0 aliphatic carbocycles. The minimum absolute atomic E-state index is 0.102. The van der Waals surface area contributed by atoms with Gasteiger partial charge in [-0.15, -0.1) is 0 Å². The number of hydrogen-bond acceptors (Lipinski definition) is 8. The molecule has 0 atom stereocenters. The van der Waals surface area contributed by atoms with E-state index < -0.39 is 0 Å². The second-order valence-electron chi connectivity index (χ2n) is 8.28. The van der Waals surface area contributed by atoms with Gasteiger partial charge in [0.2, 0.25) is 5.95 Å². The van der Waals surface area contributed by atoms with Gasteiger partial charge in [0.15, 0.2) is 11.5 Å². The van der Waals surface area contributed by atoms with E-state index >= 15 is 0 Å². The largest absolute Gasteiger partial charge is 0.504 e. The molecule has 8 heteroatoms. The Bertz CT molecular complexity index is 853. The van der Waals surface area contributed by atoms with Crippen LogP contribution in [0.4, 0.5) is 11.8 Å².